The van der Waals surface area contributed by atoms with E-state index in [1.165, 1.54) is 0 Å². The number of hydrogen-bond acceptors (Lipinski definition) is 3. The molecule has 1 aromatic carbocycles. The summed E-state index contributed by atoms with van der Waals surface area (Å²) < 4.78 is 61.4. The van der Waals surface area contributed by atoms with Crippen LogP contribution in [0.1, 0.15) is 25.3 Å². The van der Waals surface area contributed by atoms with Crippen LogP contribution in [0.3, 0.4) is 0 Å². The monoisotopic (exact) mass is 440 g/mol. The highest BCUT2D eigenvalue weighted by Crippen LogP contribution is 2.28. The van der Waals surface area contributed by atoms with Gasteiger partial charge in [-0.2, -0.15) is 17.5 Å². The first-order chi connectivity index (χ1) is 13.1. The smallest absolute Gasteiger partial charge is 0.357 e. The van der Waals surface area contributed by atoms with E-state index >= 15 is 0 Å². The maximum atomic E-state index is 12.6. The highest BCUT2D eigenvalue weighted by molar-refractivity contribution is 7.90. The zero-order valence-electron chi connectivity index (χ0n) is 15.5. The quantitative estimate of drug-likeness (QED) is 0.527. The first-order valence-corrected chi connectivity index (χ1v) is 10.8. The average Bonchev–Trinajstić information content (AvgIpc) is 2.61. The van der Waals surface area contributed by atoms with E-state index < -0.39 is 15.5 Å². The van der Waals surface area contributed by atoms with Crippen molar-refractivity contribution in [3.05, 3.63) is 34.9 Å². The van der Waals surface area contributed by atoms with Crippen LogP contribution in [0.5, 0.6) is 0 Å². The van der Waals surface area contributed by atoms with E-state index in [1.807, 2.05) is 25.1 Å². The largest absolute Gasteiger partial charge is 0.511 e. The molecule has 0 radical (unpaired) electrons. The number of hydrogen-bond donors (Lipinski definition) is 2. The first-order valence-electron chi connectivity index (χ1n) is 8.99. The van der Waals surface area contributed by atoms with Crippen molar-refractivity contribution in [2.24, 2.45) is 4.99 Å². The summed E-state index contributed by atoms with van der Waals surface area (Å²) in [5.74, 6) is 0.557. The van der Waals surface area contributed by atoms with Crippen LogP contribution in [0.15, 0.2) is 29.3 Å². The number of rotatable bonds is 6. The molecule has 0 aromatic heterocycles. The number of nitrogens with zero attached hydrogens (tertiary/aromatic N) is 2. The Labute approximate surface area is 168 Å². The molecule has 11 heteroatoms. The molecule has 1 aromatic rings. The molecule has 0 unspecified atom stereocenters. The van der Waals surface area contributed by atoms with Gasteiger partial charge in [0.2, 0.25) is 0 Å². The van der Waals surface area contributed by atoms with Gasteiger partial charge in [-0.3, -0.25) is 4.99 Å². The predicted molar refractivity (Wildman–Crippen MR) is 104 cm³/mol. The molecule has 1 saturated heterocycles. The fourth-order valence-corrected chi connectivity index (χ4v) is 4.09. The van der Waals surface area contributed by atoms with Gasteiger partial charge in [-0.15, -0.1) is 0 Å². The molecule has 1 heterocycles. The second-order valence-corrected chi connectivity index (χ2v) is 8.77. The van der Waals surface area contributed by atoms with Crippen LogP contribution in [-0.4, -0.2) is 56.4 Å². The maximum Gasteiger partial charge on any atom is 0.511 e. The number of guanidine groups is 1. The summed E-state index contributed by atoms with van der Waals surface area (Å²) in [6, 6.07) is 7.34. The molecule has 1 aliphatic rings. The third kappa shape index (κ3) is 6.25. The minimum Gasteiger partial charge on any atom is -0.357 e. The second-order valence-electron chi connectivity index (χ2n) is 6.41. The Bertz CT molecular complexity index is 779. The Morgan fingerprint density at radius 2 is 2.00 bits per heavy atom. The number of alkyl halides is 3. The van der Waals surface area contributed by atoms with Gasteiger partial charge in [-0.05, 0) is 43.9 Å². The van der Waals surface area contributed by atoms with E-state index in [-0.39, 0.29) is 32.0 Å². The molecule has 28 heavy (non-hydrogen) atoms. The van der Waals surface area contributed by atoms with Gasteiger partial charge in [-0.25, -0.2) is 8.42 Å². The number of piperidine rings is 1. The lowest BCUT2D eigenvalue weighted by Crippen LogP contribution is -2.51. The molecule has 1 aliphatic heterocycles. The highest BCUT2D eigenvalue weighted by Gasteiger charge is 2.50. The summed E-state index contributed by atoms with van der Waals surface area (Å²) in [4.78, 5) is 4.48. The van der Waals surface area contributed by atoms with Crippen molar-refractivity contribution in [1.29, 1.82) is 0 Å². The third-order valence-corrected chi connectivity index (χ3v) is 6.20. The van der Waals surface area contributed by atoms with E-state index in [2.05, 4.69) is 15.6 Å². The van der Waals surface area contributed by atoms with Gasteiger partial charge in [0.05, 0.1) is 0 Å². The molecule has 0 amide bonds. The van der Waals surface area contributed by atoms with Crippen molar-refractivity contribution in [1.82, 2.24) is 14.9 Å². The Balaban J connectivity index is 1.89. The van der Waals surface area contributed by atoms with Gasteiger partial charge in [0.15, 0.2) is 5.96 Å². The zero-order valence-corrected chi connectivity index (χ0v) is 17.0. The third-order valence-electron chi connectivity index (χ3n) is 4.33. The van der Waals surface area contributed by atoms with Gasteiger partial charge in [0.1, 0.15) is 0 Å². The van der Waals surface area contributed by atoms with Crippen LogP contribution >= 0.6 is 11.6 Å². The minimum atomic E-state index is -5.26. The van der Waals surface area contributed by atoms with Gasteiger partial charge in [-0.1, -0.05) is 23.7 Å². The standard InChI is InChI=1S/C17H24ClF3N4O2S/c1-2-22-16(23-9-6-13-4-3-5-14(18)12-13)24-15-7-10-25(11-8-15)28(26,27)17(19,20)21/h3-5,12,15H,2,6-11H2,1H3,(H2,22,23,24). The topological polar surface area (TPSA) is 73.8 Å². The average molecular weight is 441 g/mol. The van der Waals surface area contributed by atoms with E-state index in [9.17, 15) is 21.6 Å². The summed E-state index contributed by atoms with van der Waals surface area (Å²) in [6.07, 6.45) is 1.24. The minimum absolute atomic E-state index is 0.149. The molecule has 0 saturated carbocycles. The molecule has 2 rings (SSSR count). The first kappa shape index (κ1) is 22.8. The molecule has 0 aliphatic carbocycles. The van der Waals surface area contributed by atoms with Crippen LogP contribution < -0.4 is 10.6 Å². The maximum absolute atomic E-state index is 12.6. The van der Waals surface area contributed by atoms with Gasteiger partial charge < -0.3 is 10.6 Å². The van der Waals surface area contributed by atoms with Crippen LogP contribution in [-0.2, 0) is 16.4 Å². The van der Waals surface area contributed by atoms with Crippen LogP contribution in [0, 0.1) is 0 Å². The van der Waals surface area contributed by atoms with Crippen LogP contribution in [0.25, 0.3) is 0 Å². The molecule has 0 atom stereocenters. The number of sulfonamides is 1. The molecule has 0 bridgehead atoms. The highest BCUT2D eigenvalue weighted by atomic mass is 35.5. The summed E-state index contributed by atoms with van der Waals surface area (Å²) in [6.45, 7) is 2.69. The van der Waals surface area contributed by atoms with E-state index in [0.29, 0.717) is 34.8 Å². The van der Waals surface area contributed by atoms with Crippen molar-refractivity contribution in [3.63, 3.8) is 0 Å². The SMILES string of the molecule is CCNC(=NCCc1cccc(Cl)c1)NC1CCN(S(=O)(=O)C(F)(F)F)CC1. The molecule has 0 spiro atoms. The zero-order chi connectivity index (χ0) is 20.8. The van der Waals surface area contributed by atoms with Gasteiger partial charge >= 0.3 is 15.5 Å². The van der Waals surface area contributed by atoms with Gasteiger partial charge in [0.25, 0.3) is 0 Å². The summed E-state index contributed by atoms with van der Waals surface area (Å²) in [7, 11) is -5.26. The van der Waals surface area contributed by atoms with Gasteiger partial charge in [0, 0.05) is 37.2 Å². The molecule has 2 N–H and O–H groups in total. The fraction of sp³-hybridized carbons (Fsp3) is 0.588. The summed E-state index contributed by atoms with van der Waals surface area (Å²) in [5.41, 5.74) is -4.21. The molecular formula is C17H24ClF3N4O2S. The summed E-state index contributed by atoms with van der Waals surface area (Å²) >= 11 is 5.96. The molecular weight excluding hydrogens is 417 g/mol. The lowest BCUT2D eigenvalue weighted by Gasteiger charge is -2.32. The van der Waals surface area contributed by atoms with E-state index in [0.717, 1.165) is 5.56 Å². The normalized spacial score (nSPS) is 17.5. The van der Waals surface area contributed by atoms with Crippen molar-refractivity contribution in [2.75, 3.05) is 26.2 Å². The predicted octanol–water partition coefficient (Wildman–Crippen LogP) is 2.75. The van der Waals surface area contributed by atoms with Crippen molar-refractivity contribution in [3.8, 4) is 0 Å². The van der Waals surface area contributed by atoms with Crippen LogP contribution in [0.4, 0.5) is 13.2 Å². The fourth-order valence-electron chi connectivity index (χ4n) is 2.89. The van der Waals surface area contributed by atoms with E-state index in [1.54, 1.807) is 6.07 Å². The number of nitrogens with one attached hydrogen (secondary N) is 2. The molecule has 1 fully saturated rings. The van der Waals surface area contributed by atoms with Crippen molar-refractivity contribution in [2.45, 2.75) is 37.7 Å². The van der Waals surface area contributed by atoms with E-state index in [4.69, 9.17) is 11.6 Å². The lowest BCUT2D eigenvalue weighted by atomic mass is 10.1. The lowest BCUT2D eigenvalue weighted by molar-refractivity contribution is -0.0494. The Morgan fingerprint density at radius 3 is 2.57 bits per heavy atom. The molecule has 158 valence electrons. The Hall–Kier alpha value is -1.52. The number of halogens is 4. The van der Waals surface area contributed by atoms with Crippen molar-refractivity contribution >= 4 is 27.6 Å². The Morgan fingerprint density at radius 1 is 1.32 bits per heavy atom. The van der Waals surface area contributed by atoms with Crippen molar-refractivity contribution < 1.29 is 21.6 Å². The van der Waals surface area contributed by atoms with Crippen LogP contribution in [0.2, 0.25) is 5.02 Å². The second kappa shape index (κ2) is 9.80. The molecule has 6 nitrogen and oxygen atoms in total. The summed E-state index contributed by atoms with van der Waals surface area (Å²) in [5, 5.41) is 6.93. The number of aliphatic imine (C=N–C) groups is 1. The number of benzene rings is 1. The Kier molecular flexibility index (Phi) is 7.97.